The number of benzene rings is 2. The van der Waals surface area contributed by atoms with E-state index in [1.165, 1.54) is 7.05 Å². The molecule has 2 amide bonds. The molecule has 2 aromatic rings. The van der Waals surface area contributed by atoms with E-state index >= 15 is 0 Å². The second-order valence-corrected chi connectivity index (χ2v) is 5.74. The standard InChI is InChI=1S/C20H20N2O3/c1-4-25-16-12-10-14(11-13-16)17-18(20(24)22(3)19(17)23)21(2)15-8-6-5-7-9-15/h5-13H,4H2,1-3H3. The van der Waals surface area contributed by atoms with Gasteiger partial charge in [0.05, 0.1) is 12.2 Å². The van der Waals surface area contributed by atoms with Crippen LogP contribution in [-0.2, 0) is 9.59 Å². The van der Waals surface area contributed by atoms with E-state index in [1.54, 1.807) is 11.9 Å². The molecule has 1 aliphatic rings. The Morgan fingerprint density at radius 3 is 2.20 bits per heavy atom. The summed E-state index contributed by atoms with van der Waals surface area (Å²) in [6.07, 6.45) is 0. The minimum absolute atomic E-state index is 0.299. The minimum Gasteiger partial charge on any atom is -0.494 e. The van der Waals surface area contributed by atoms with Gasteiger partial charge in [0.15, 0.2) is 0 Å². The zero-order valence-electron chi connectivity index (χ0n) is 14.5. The third-order valence-corrected chi connectivity index (χ3v) is 4.20. The van der Waals surface area contributed by atoms with Crippen molar-refractivity contribution in [2.75, 3.05) is 25.6 Å². The van der Waals surface area contributed by atoms with Gasteiger partial charge in [0.2, 0.25) is 0 Å². The van der Waals surface area contributed by atoms with E-state index in [1.807, 2.05) is 61.5 Å². The lowest BCUT2D eigenvalue weighted by Gasteiger charge is -2.20. The van der Waals surface area contributed by atoms with Crippen molar-refractivity contribution in [3.05, 3.63) is 65.9 Å². The second-order valence-electron chi connectivity index (χ2n) is 5.74. The van der Waals surface area contributed by atoms with Crippen molar-refractivity contribution in [3.63, 3.8) is 0 Å². The molecule has 0 saturated heterocycles. The molecule has 0 aromatic heterocycles. The maximum absolute atomic E-state index is 12.7. The largest absolute Gasteiger partial charge is 0.494 e. The van der Waals surface area contributed by atoms with Crippen LogP contribution in [0, 0.1) is 0 Å². The average molecular weight is 336 g/mol. The van der Waals surface area contributed by atoms with Gasteiger partial charge in [-0.2, -0.15) is 0 Å². The summed E-state index contributed by atoms with van der Waals surface area (Å²) in [6, 6.07) is 16.7. The highest BCUT2D eigenvalue weighted by atomic mass is 16.5. The van der Waals surface area contributed by atoms with Crippen LogP contribution >= 0.6 is 0 Å². The Balaban J connectivity index is 2.09. The highest BCUT2D eigenvalue weighted by Crippen LogP contribution is 2.33. The number of para-hydroxylation sites is 1. The van der Waals surface area contributed by atoms with Gasteiger partial charge in [-0.15, -0.1) is 0 Å². The molecule has 128 valence electrons. The maximum Gasteiger partial charge on any atom is 0.277 e. The minimum atomic E-state index is -0.305. The topological polar surface area (TPSA) is 49.9 Å². The van der Waals surface area contributed by atoms with Crippen LogP contribution in [0.15, 0.2) is 60.3 Å². The molecule has 3 rings (SSSR count). The Morgan fingerprint density at radius 2 is 1.60 bits per heavy atom. The van der Waals surface area contributed by atoms with Crippen LogP contribution in [0.1, 0.15) is 12.5 Å². The van der Waals surface area contributed by atoms with Crippen LogP contribution < -0.4 is 9.64 Å². The van der Waals surface area contributed by atoms with Gasteiger partial charge in [-0.1, -0.05) is 30.3 Å². The normalized spacial score (nSPS) is 14.3. The third-order valence-electron chi connectivity index (χ3n) is 4.20. The number of ether oxygens (including phenoxy) is 1. The number of carbonyl (C=O) groups is 2. The van der Waals surface area contributed by atoms with E-state index in [9.17, 15) is 9.59 Å². The predicted molar refractivity (Wildman–Crippen MR) is 97.2 cm³/mol. The van der Waals surface area contributed by atoms with Crippen LogP contribution in [0.25, 0.3) is 5.57 Å². The lowest BCUT2D eigenvalue weighted by Crippen LogP contribution is -2.30. The van der Waals surface area contributed by atoms with Crippen LogP contribution in [0.5, 0.6) is 5.75 Å². The highest BCUT2D eigenvalue weighted by molar-refractivity contribution is 6.36. The Labute approximate surface area is 147 Å². The van der Waals surface area contributed by atoms with Gasteiger partial charge in [0.1, 0.15) is 11.4 Å². The summed E-state index contributed by atoms with van der Waals surface area (Å²) in [7, 11) is 3.30. The van der Waals surface area contributed by atoms with Crippen LogP contribution in [-0.4, -0.2) is 37.4 Å². The summed E-state index contributed by atoms with van der Waals surface area (Å²) >= 11 is 0. The molecule has 0 spiro atoms. The van der Waals surface area contributed by atoms with E-state index in [-0.39, 0.29) is 11.8 Å². The van der Waals surface area contributed by atoms with Gasteiger partial charge in [-0.3, -0.25) is 14.5 Å². The van der Waals surface area contributed by atoms with Crippen molar-refractivity contribution in [2.45, 2.75) is 6.92 Å². The fraction of sp³-hybridized carbons (Fsp3) is 0.200. The summed E-state index contributed by atoms with van der Waals surface area (Å²) in [6.45, 7) is 2.49. The number of nitrogens with zero attached hydrogens (tertiary/aromatic N) is 2. The van der Waals surface area contributed by atoms with Crippen LogP contribution in [0.4, 0.5) is 5.69 Å². The fourth-order valence-electron chi connectivity index (χ4n) is 2.86. The molecule has 25 heavy (non-hydrogen) atoms. The molecule has 0 radical (unpaired) electrons. The Kier molecular flexibility index (Phi) is 4.57. The lowest BCUT2D eigenvalue weighted by molar-refractivity contribution is -0.135. The van der Waals surface area contributed by atoms with E-state index < -0.39 is 0 Å². The number of rotatable bonds is 5. The zero-order valence-corrected chi connectivity index (χ0v) is 14.5. The lowest BCUT2D eigenvalue weighted by atomic mass is 10.0. The van der Waals surface area contributed by atoms with Gasteiger partial charge in [0, 0.05) is 19.8 Å². The molecule has 0 N–H and O–H groups in total. The molecule has 1 aliphatic heterocycles. The fourth-order valence-corrected chi connectivity index (χ4v) is 2.86. The van der Waals surface area contributed by atoms with Crippen molar-refractivity contribution >= 4 is 23.1 Å². The first-order valence-electron chi connectivity index (χ1n) is 8.13. The Morgan fingerprint density at radius 1 is 0.960 bits per heavy atom. The molecule has 5 nitrogen and oxygen atoms in total. The average Bonchev–Trinajstić information content (AvgIpc) is 2.87. The van der Waals surface area contributed by atoms with Gasteiger partial charge >= 0.3 is 0 Å². The first-order valence-corrected chi connectivity index (χ1v) is 8.13. The van der Waals surface area contributed by atoms with E-state index in [2.05, 4.69) is 0 Å². The molecular weight excluding hydrogens is 316 g/mol. The summed E-state index contributed by atoms with van der Waals surface area (Å²) in [5.74, 6) is 0.127. The maximum atomic E-state index is 12.7. The number of likely N-dealkylation sites (N-methyl/N-ethyl adjacent to an activating group) is 2. The highest BCUT2D eigenvalue weighted by Gasteiger charge is 2.38. The third kappa shape index (κ3) is 3.01. The number of hydrogen-bond acceptors (Lipinski definition) is 4. The van der Waals surface area contributed by atoms with E-state index in [4.69, 9.17) is 4.74 Å². The second kappa shape index (κ2) is 6.81. The van der Waals surface area contributed by atoms with Crippen LogP contribution in [0.2, 0.25) is 0 Å². The Hall–Kier alpha value is -3.08. The summed E-state index contributed by atoms with van der Waals surface area (Å²) in [5, 5.41) is 0. The molecule has 0 saturated carbocycles. The summed E-state index contributed by atoms with van der Waals surface area (Å²) < 4.78 is 5.45. The molecular formula is C20H20N2O3. The molecule has 0 aliphatic carbocycles. The quantitative estimate of drug-likeness (QED) is 0.788. The van der Waals surface area contributed by atoms with Gasteiger partial charge in [-0.25, -0.2) is 0 Å². The molecule has 0 unspecified atom stereocenters. The van der Waals surface area contributed by atoms with Crippen molar-refractivity contribution < 1.29 is 14.3 Å². The summed E-state index contributed by atoms with van der Waals surface area (Å²) in [5.41, 5.74) is 2.33. The number of anilines is 1. The molecule has 0 fully saturated rings. The predicted octanol–water partition coefficient (Wildman–Crippen LogP) is 2.93. The Bertz CT molecular complexity index is 826. The number of imide groups is 1. The molecule has 2 aromatic carbocycles. The van der Waals surface area contributed by atoms with Crippen molar-refractivity contribution in [2.24, 2.45) is 0 Å². The van der Waals surface area contributed by atoms with Gasteiger partial charge < -0.3 is 9.64 Å². The molecule has 1 heterocycles. The first kappa shape index (κ1) is 16.8. The van der Waals surface area contributed by atoms with E-state index in [0.29, 0.717) is 23.4 Å². The monoisotopic (exact) mass is 336 g/mol. The number of amides is 2. The smallest absolute Gasteiger partial charge is 0.277 e. The van der Waals surface area contributed by atoms with E-state index in [0.717, 1.165) is 16.3 Å². The van der Waals surface area contributed by atoms with Gasteiger partial charge in [-0.05, 0) is 36.8 Å². The first-order chi connectivity index (χ1) is 12.0. The van der Waals surface area contributed by atoms with Gasteiger partial charge in [0.25, 0.3) is 11.8 Å². The SMILES string of the molecule is CCOc1ccc(C2=C(N(C)c3ccccc3)C(=O)N(C)C2=O)cc1. The van der Waals surface area contributed by atoms with Crippen molar-refractivity contribution in [1.29, 1.82) is 0 Å². The number of hydrogen-bond donors (Lipinski definition) is 0. The molecule has 0 atom stereocenters. The zero-order chi connectivity index (χ0) is 18.0. The van der Waals surface area contributed by atoms with Crippen molar-refractivity contribution in [1.82, 2.24) is 4.90 Å². The van der Waals surface area contributed by atoms with Crippen molar-refractivity contribution in [3.8, 4) is 5.75 Å². The van der Waals surface area contributed by atoms with Crippen LogP contribution in [0.3, 0.4) is 0 Å². The molecule has 0 bridgehead atoms. The number of carbonyl (C=O) groups excluding carboxylic acids is 2. The molecule has 5 heteroatoms. The summed E-state index contributed by atoms with van der Waals surface area (Å²) in [4.78, 5) is 28.2.